The van der Waals surface area contributed by atoms with E-state index < -0.39 is 0 Å². The predicted octanol–water partition coefficient (Wildman–Crippen LogP) is 2.07. The van der Waals surface area contributed by atoms with Crippen LogP contribution >= 0.6 is 0 Å². The van der Waals surface area contributed by atoms with Gasteiger partial charge in [-0.05, 0) is 33.1 Å². The van der Waals surface area contributed by atoms with Gasteiger partial charge >= 0.3 is 0 Å². The molecule has 19 heavy (non-hydrogen) atoms. The van der Waals surface area contributed by atoms with Gasteiger partial charge in [-0.25, -0.2) is 9.97 Å². The number of nitrogens with two attached hydrogens (primary N) is 1. The molecule has 0 spiro atoms. The van der Waals surface area contributed by atoms with Crippen molar-refractivity contribution >= 4 is 11.6 Å². The first kappa shape index (κ1) is 14.1. The molecule has 1 aromatic heterocycles. The summed E-state index contributed by atoms with van der Waals surface area (Å²) >= 11 is 0. The number of anilines is 2. The topological polar surface area (TPSA) is 64.3 Å². The van der Waals surface area contributed by atoms with Crippen LogP contribution in [0.1, 0.15) is 37.6 Å². The zero-order valence-corrected chi connectivity index (χ0v) is 12.1. The van der Waals surface area contributed by atoms with Gasteiger partial charge in [0.1, 0.15) is 17.5 Å². The molecule has 0 radical (unpaired) electrons. The van der Waals surface area contributed by atoms with Crippen molar-refractivity contribution in [2.75, 3.05) is 30.3 Å². The summed E-state index contributed by atoms with van der Waals surface area (Å²) in [4.78, 5) is 11.0. The minimum Gasteiger partial charge on any atom is -0.383 e. The van der Waals surface area contributed by atoms with Gasteiger partial charge in [0.25, 0.3) is 0 Å². The van der Waals surface area contributed by atoms with Crippen LogP contribution in [0.3, 0.4) is 0 Å². The summed E-state index contributed by atoms with van der Waals surface area (Å²) in [6.07, 6.45) is 3.64. The van der Waals surface area contributed by atoms with Crippen LogP contribution in [-0.4, -0.2) is 35.8 Å². The van der Waals surface area contributed by atoms with E-state index in [4.69, 9.17) is 10.5 Å². The van der Waals surface area contributed by atoms with Gasteiger partial charge in [0.05, 0.1) is 6.10 Å². The average molecular weight is 264 g/mol. The van der Waals surface area contributed by atoms with E-state index in [1.54, 1.807) is 0 Å². The molecule has 1 aromatic rings. The first-order chi connectivity index (χ1) is 9.11. The maximum absolute atomic E-state index is 5.93. The molecule has 1 saturated heterocycles. The zero-order valence-electron chi connectivity index (χ0n) is 12.1. The lowest BCUT2D eigenvalue weighted by atomic mass is 10.1. The van der Waals surface area contributed by atoms with Gasteiger partial charge in [0, 0.05) is 25.3 Å². The van der Waals surface area contributed by atoms with Crippen molar-refractivity contribution in [3.8, 4) is 0 Å². The van der Waals surface area contributed by atoms with Gasteiger partial charge in [-0.1, -0.05) is 6.92 Å². The Balaban J connectivity index is 2.13. The number of nitrogens with zero attached hydrogens (tertiary/aromatic N) is 3. The SMILES string of the molecule is CCCOC1CCCN(c2nc(C)nc(N)c2C)C1. The molecule has 5 nitrogen and oxygen atoms in total. The standard InChI is InChI=1S/C14H24N4O/c1-4-8-19-12-6-5-7-18(9-12)14-10(2)13(15)16-11(3)17-14/h12H,4-9H2,1-3H3,(H2,15,16,17). The predicted molar refractivity (Wildman–Crippen MR) is 77.4 cm³/mol. The third-order valence-corrected chi connectivity index (χ3v) is 3.50. The number of hydrogen-bond acceptors (Lipinski definition) is 5. The molecule has 0 aliphatic carbocycles. The van der Waals surface area contributed by atoms with Gasteiger partial charge in [-0.3, -0.25) is 0 Å². The summed E-state index contributed by atoms with van der Waals surface area (Å²) in [5, 5.41) is 0. The number of hydrogen-bond donors (Lipinski definition) is 1. The number of ether oxygens (including phenoxy) is 1. The molecule has 1 unspecified atom stereocenters. The fourth-order valence-corrected chi connectivity index (χ4v) is 2.49. The van der Waals surface area contributed by atoms with Crippen LogP contribution in [0.5, 0.6) is 0 Å². The van der Waals surface area contributed by atoms with E-state index in [-0.39, 0.29) is 0 Å². The zero-order chi connectivity index (χ0) is 13.8. The van der Waals surface area contributed by atoms with Gasteiger partial charge in [0.2, 0.25) is 0 Å². The first-order valence-corrected chi connectivity index (χ1v) is 7.09. The van der Waals surface area contributed by atoms with Crippen molar-refractivity contribution in [1.29, 1.82) is 0 Å². The highest BCUT2D eigenvalue weighted by Crippen LogP contribution is 2.25. The van der Waals surface area contributed by atoms with Crippen LogP contribution < -0.4 is 10.6 Å². The minimum atomic E-state index is 0.310. The van der Waals surface area contributed by atoms with Crippen LogP contribution in [0.2, 0.25) is 0 Å². The lowest BCUT2D eigenvalue weighted by Gasteiger charge is -2.34. The lowest BCUT2D eigenvalue weighted by Crippen LogP contribution is -2.40. The molecular formula is C14H24N4O. The van der Waals surface area contributed by atoms with Crippen LogP contribution in [-0.2, 0) is 4.74 Å². The van der Waals surface area contributed by atoms with Crippen LogP contribution in [0.15, 0.2) is 0 Å². The van der Waals surface area contributed by atoms with E-state index >= 15 is 0 Å². The fourth-order valence-electron chi connectivity index (χ4n) is 2.49. The number of rotatable bonds is 4. The summed E-state index contributed by atoms with van der Waals surface area (Å²) in [7, 11) is 0. The van der Waals surface area contributed by atoms with Crippen molar-refractivity contribution in [2.24, 2.45) is 0 Å². The van der Waals surface area contributed by atoms with E-state index in [2.05, 4.69) is 21.8 Å². The molecular weight excluding hydrogens is 240 g/mol. The van der Waals surface area contributed by atoms with Gasteiger partial charge in [0.15, 0.2) is 0 Å². The average Bonchev–Trinajstić information content (AvgIpc) is 2.41. The Morgan fingerprint density at radius 3 is 2.89 bits per heavy atom. The normalized spacial score (nSPS) is 19.7. The Morgan fingerprint density at radius 2 is 2.16 bits per heavy atom. The van der Waals surface area contributed by atoms with Crippen molar-refractivity contribution in [1.82, 2.24) is 9.97 Å². The summed E-state index contributed by atoms with van der Waals surface area (Å²) in [5.74, 6) is 2.28. The molecule has 0 aromatic carbocycles. The molecule has 2 N–H and O–H groups in total. The van der Waals surface area contributed by atoms with E-state index in [0.29, 0.717) is 11.9 Å². The second-order valence-electron chi connectivity index (χ2n) is 5.19. The van der Waals surface area contributed by atoms with E-state index in [0.717, 1.165) is 56.2 Å². The first-order valence-electron chi connectivity index (χ1n) is 7.09. The Bertz CT molecular complexity index is 436. The number of nitrogen functional groups attached to an aromatic ring is 1. The number of piperidine rings is 1. The Kier molecular flexibility index (Phi) is 4.58. The smallest absolute Gasteiger partial charge is 0.137 e. The highest BCUT2D eigenvalue weighted by Gasteiger charge is 2.23. The van der Waals surface area contributed by atoms with Crippen molar-refractivity contribution in [3.05, 3.63) is 11.4 Å². The molecule has 1 aliphatic rings. The molecule has 1 fully saturated rings. The molecule has 2 rings (SSSR count). The highest BCUT2D eigenvalue weighted by atomic mass is 16.5. The van der Waals surface area contributed by atoms with Crippen LogP contribution in [0.4, 0.5) is 11.6 Å². The summed E-state index contributed by atoms with van der Waals surface area (Å²) in [6, 6.07) is 0. The molecule has 0 amide bonds. The lowest BCUT2D eigenvalue weighted by molar-refractivity contribution is 0.0439. The quantitative estimate of drug-likeness (QED) is 0.902. The van der Waals surface area contributed by atoms with Crippen molar-refractivity contribution in [2.45, 2.75) is 46.1 Å². The second kappa shape index (κ2) is 6.19. The van der Waals surface area contributed by atoms with Crippen LogP contribution in [0.25, 0.3) is 0 Å². The Labute approximate surface area is 115 Å². The molecule has 5 heteroatoms. The third kappa shape index (κ3) is 3.35. The maximum Gasteiger partial charge on any atom is 0.137 e. The third-order valence-electron chi connectivity index (χ3n) is 3.50. The van der Waals surface area contributed by atoms with E-state index in [9.17, 15) is 0 Å². The van der Waals surface area contributed by atoms with Crippen molar-refractivity contribution in [3.63, 3.8) is 0 Å². The molecule has 1 aliphatic heterocycles. The van der Waals surface area contributed by atoms with Gasteiger partial charge in [-0.2, -0.15) is 0 Å². The van der Waals surface area contributed by atoms with Crippen molar-refractivity contribution < 1.29 is 4.74 Å². The monoisotopic (exact) mass is 264 g/mol. The summed E-state index contributed by atoms with van der Waals surface area (Å²) in [6.45, 7) is 8.76. The minimum absolute atomic E-state index is 0.310. The molecule has 106 valence electrons. The highest BCUT2D eigenvalue weighted by molar-refractivity contribution is 5.56. The second-order valence-corrected chi connectivity index (χ2v) is 5.19. The van der Waals surface area contributed by atoms with Gasteiger partial charge < -0.3 is 15.4 Å². The van der Waals surface area contributed by atoms with Crippen LogP contribution in [0, 0.1) is 13.8 Å². The number of aromatic nitrogens is 2. The van der Waals surface area contributed by atoms with Gasteiger partial charge in [-0.15, -0.1) is 0 Å². The van der Waals surface area contributed by atoms with E-state index in [1.165, 1.54) is 0 Å². The molecule has 1 atom stereocenters. The fraction of sp³-hybridized carbons (Fsp3) is 0.714. The largest absolute Gasteiger partial charge is 0.383 e. The Morgan fingerprint density at radius 1 is 1.37 bits per heavy atom. The van der Waals surface area contributed by atoms with E-state index in [1.807, 2.05) is 13.8 Å². The molecule has 2 heterocycles. The summed E-state index contributed by atoms with van der Waals surface area (Å²) < 4.78 is 5.87. The number of aryl methyl sites for hydroxylation is 1. The Hall–Kier alpha value is -1.36. The molecule has 0 saturated carbocycles. The molecule has 0 bridgehead atoms. The maximum atomic E-state index is 5.93. The summed E-state index contributed by atoms with van der Waals surface area (Å²) in [5.41, 5.74) is 6.91.